The van der Waals surface area contributed by atoms with Crippen LogP contribution in [-0.2, 0) is 20.7 Å². The average molecular weight is 382 g/mol. The maximum Gasteiger partial charge on any atom is 0.310 e. The summed E-state index contributed by atoms with van der Waals surface area (Å²) >= 11 is 0. The number of furan rings is 1. The van der Waals surface area contributed by atoms with E-state index in [9.17, 15) is 19.7 Å². The highest BCUT2D eigenvalue weighted by molar-refractivity contribution is 5.93. The SMILES string of the molecule is Cc1ccc2c(CC(=O)OCC(=O)Nc3cccc([N+](=O)[O-])c3)coc2c1C. The van der Waals surface area contributed by atoms with Gasteiger partial charge in [-0.25, -0.2) is 0 Å². The first-order valence-corrected chi connectivity index (χ1v) is 8.51. The molecule has 0 unspecified atom stereocenters. The molecule has 3 rings (SSSR count). The number of hydrogen-bond donors (Lipinski definition) is 1. The molecule has 1 heterocycles. The molecular weight excluding hydrogens is 364 g/mol. The number of fused-ring (bicyclic) bond motifs is 1. The number of hydrogen-bond acceptors (Lipinski definition) is 6. The minimum atomic E-state index is -0.586. The van der Waals surface area contributed by atoms with Crippen LogP contribution in [0.4, 0.5) is 11.4 Å². The van der Waals surface area contributed by atoms with E-state index in [0.717, 1.165) is 22.1 Å². The molecule has 2 aromatic carbocycles. The van der Waals surface area contributed by atoms with Crippen LogP contribution in [0.25, 0.3) is 11.0 Å². The predicted molar refractivity (Wildman–Crippen MR) is 102 cm³/mol. The fourth-order valence-corrected chi connectivity index (χ4v) is 2.77. The first kappa shape index (κ1) is 19.1. The lowest BCUT2D eigenvalue weighted by atomic mass is 10.0. The van der Waals surface area contributed by atoms with Gasteiger partial charge in [0.15, 0.2) is 6.61 Å². The van der Waals surface area contributed by atoms with Crippen LogP contribution in [-0.4, -0.2) is 23.4 Å². The van der Waals surface area contributed by atoms with Crippen LogP contribution in [0.3, 0.4) is 0 Å². The minimum absolute atomic E-state index is 0.0282. The zero-order valence-corrected chi connectivity index (χ0v) is 15.4. The summed E-state index contributed by atoms with van der Waals surface area (Å²) in [7, 11) is 0. The number of esters is 1. The van der Waals surface area contributed by atoms with E-state index < -0.39 is 23.4 Å². The topological polar surface area (TPSA) is 112 Å². The standard InChI is InChI=1S/C20H18N2O6/c1-12-6-7-17-14(10-28-20(17)13(12)2)8-19(24)27-11-18(23)21-15-4-3-5-16(9-15)22(25)26/h3-7,9-10H,8,11H2,1-2H3,(H,21,23). The van der Waals surface area contributed by atoms with Gasteiger partial charge in [0.1, 0.15) is 5.58 Å². The molecule has 1 aromatic heterocycles. The number of amides is 1. The minimum Gasteiger partial charge on any atom is -0.464 e. The van der Waals surface area contributed by atoms with Gasteiger partial charge in [-0.1, -0.05) is 18.2 Å². The quantitative estimate of drug-likeness (QED) is 0.395. The molecule has 0 aliphatic heterocycles. The second-order valence-corrected chi connectivity index (χ2v) is 6.34. The molecule has 3 aromatic rings. The maximum atomic E-state index is 12.1. The molecule has 0 fully saturated rings. The molecule has 0 atom stereocenters. The number of nitro benzene ring substituents is 1. The van der Waals surface area contributed by atoms with Crippen LogP contribution in [0, 0.1) is 24.0 Å². The highest BCUT2D eigenvalue weighted by Gasteiger charge is 2.15. The van der Waals surface area contributed by atoms with Crippen molar-refractivity contribution in [1.82, 2.24) is 0 Å². The smallest absolute Gasteiger partial charge is 0.310 e. The van der Waals surface area contributed by atoms with Gasteiger partial charge in [-0.3, -0.25) is 19.7 Å². The Balaban J connectivity index is 1.57. The number of nitro groups is 1. The summed E-state index contributed by atoms with van der Waals surface area (Å²) in [5.41, 5.74) is 3.62. The molecule has 1 N–H and O–H groups in total. The number of carbonyl (C=O) groups excluding carboxylic acids is 2. The van der Waals surface area contributed by atoms with Gasteiger partial charge in [0.25, 0.3) is 11.6 Å². The lowest BCUT2D eigenvalue weighted by molar-refractivity contribution is -0.384. The number of aryl methyl sites for hydroxylation is 2. The fourth-order valence-electron chi connectivity index (χ4n) is 2.77. The molecule has 0 saturated heterocycles. The first-order valence-electron chi connectivity index (χ1n) is 8.51. The Morgan fingerprint density at radius 1 is 1.21 bits per heavy atom. The van der Waals surface area contributed by atoms with Gasteiger partial charge in [-0.05, 0) is 31.0 Å². The van der Waals surface area contributed by atoms with Gasteiger partial charge >= 0.3 is 5.97 Å². The summed E-state index contributed by atoms with van der Waals surface area (Å²) in [6.45, 7) is 3.43. The van der Waals surface area contributed by atoms with E-state index >= 15 is 0 Å². The lowest BCUT2D eigenvalue weighted by Crippen LogP contribution is -2.21. The molecule has 0 radical (unpaired) electrons. The van der Waals surface area contributed by atoms with Crippen LogP contribution in [0.2, 0.25) is 0 Å². The van der Waals surface area contributed by atoms with Crippen molar-refractivity contribution in [3.8, 4) is 0 Å². The summed E-state index contributed by atoms with van der Waals surface area (Å²) in [6, 6.07) is 9.34. The van der Waals surface area contributed by atoms with E-state index in [2.05, 4.69) is 5.32 Å². The van der Waals surface area contributed by atoms with E-state index in [1.165, 1.54) is 30.5 Å². The summed E-state index contributed by atoms with van der Waals surface area (Å²) in [6.07, 6.45) is 1.49. The first-order chi connectivity index (χ1) is 13.3. The third-order valence-corrected chi connectivity index (χ3v) is 4.38. The average Bonchev–Trinajstić information content (AvgIpc) is 3.06. The van der Waals surface area contributed by atoms with Crippen molar-refractivity contribution in [1.29, 1.82) is 0 Å². The predicted octanol–water partition coefficient (Wildman–Crippen LogP) is 3.68. The summed E-state index contributed by atoms with van der Waals surface area (Å²) < 4.78 is 10.6. The van der Waals surface area contributed by atoms with Crippen LogP contribution >= 0.6 is 0 Å². The molecule has 1 amide bonds. The Labute approximate surface area is 160 Å². The van der Waals surface area contributed by atoms with Crippen molar-refractivity contribution < 1.29 is 23.7 Å². The second kappa shape index (κ2) is 7.91. The number of carbonyl (C=O) groups is 2. The molecule has 0 aliphatic carbocycles. The zero-order valence-electron chi connectivity index (χ0n) is 15.4. The van der Waals surface area contributed by atoms with E-state index in [1.54, 1.807) is 0 Å². The van der Waals surface area contributed by atoms with E-state index in [4.69, 9.17) is 9.15 Å². The van der Waals surface area contributed by atoms with Crippen molar-refractivity contribution in [2.45, 2.75) is 20.3 Å². The van der Waals surface area contributed by atoms with Crippen molar-refractivity contribution in [3.05, 3.63) is 69.5 Å². The van der Waals surface area contributed by atoms with Crippen molar-refractivity contribution in [2.75, 3.05) is 11.9 Å². The molecule has 0 aliphatic rings. The van der Waals surface area contributed by atoms with E-state index in [0.29, 0.717) is 5.56 Å². The van der Waals surface area contributed by atoms with E-state index in [-0.39, 0.29) is 17.8 Å². The Kier molecular flexibility index (Phi) is 5.39. The zero-order chi connectivity index (χ0) is 20.3. The normalized spacial score (nSPS) is 10.6. The molecule has 28 heavy (non-hydrogen) atoms. The lowest BCUT2D eigenvalue weighted by Gasteiger charge is -2.06. The number of non-ortho nitro benzene ring substituents is 1. The molecule has 0 saturated carbocycles. The van der Waals surface area contributed by atoms with Gasteiger partial charge < -0.3 is 14.5 Å². The Morgan fingerprint density at radius 3 is 2.75 bits per heavy atom. The number of nitrogens with one attached hydrogen (secondary N) is 1. The van der Waals surface area contributed by atoms with Gasteiger partial charge in [-0.2, -0.15) is 0 Å². The van der Waals surface area contributed by atoms with Crippen molar-refractivity contribution in [2.24, 2.45) is 0 Å². The Morgan fingerprint density at radius 2 is 2.00 bits per heavy atom. The van der Waals surface area contributed by atoms with Crippen LogP contribution in [0.15, 0.2) is 47.1 Å². The van der Waals surface area contributed by atoms with Gasteiger partial charge in [0.2, 0.25) is 0 Å². The third-order valence-electron chi connectivity index (χ3n) is 4.38. The molecule has 8 nitrogen and oxygen atoms in total. The molecule has 8 heteroatoms. The number of ether oxygens (including phenoxy) is 1. The fraction of sp³-hybridized carbons (Fsp3) is 0.200. The van der Waals surface area contributed by atoms with E-state index in [1.807, 2.05) is 26.0 Å². The van der Waals surface area contributed by atoms with Gasteiger partial charge in [-0.15, -0.1) is 0 Å². The summed E-state index contributed by atoms with van der Waals surface area (Å²) in [4.78, 5) is 34.2. The number of benzene rings is 2. The van der Waals surface area contributed by atoms with Gasteiger partial charge in [0.05, 0.1) is 17.6 Å². The number of nitrogens with zero attached hydrogens (tertiary/aromatic N) is 1. The van der Waals surface area contributed by atoms with Crippen LogP contribution in [0.5, 0.6) is 0 Å². The summed E-state index contributed by atoms with van der Waals surface area (Å²) in [5, 5.41) is 14.0. The van der Waals surface area contributed by atoms with Gasteiger partial charge in [0, 0.05) is 28.8 Å². The highest BCUT2D eigenvalue weighted by atomic mass is 16.6. The van der Waals surface area contributed by atoms with Crippen LogP contribution < -0.4 is 5.32 Å². The molecule has 0 bridgehead atoms. The van der Waals surface area contributed by atoms with Crippen molar-refractivity contribution >= 4 is 34.2 Å². The summed E-state index contributed by atoms with van der Waals surface area (Å²) in [5.74, 6) is -1.16. The molecule has 0 spiro atoms. The maximum absolute atomic E-state index is 12.1. The number of anilines is 1. The second-order valence-electron chi connectivity index (χ2n) is 6.34. The Bertz CT molecular complexity index is 1070. The third kappa shape index (κ3) is 4.17. The molecule has 144 valence electrons. The van der Waals surface area contributed by atoms with Crippen LogP contribution in [0.1, 0.15) is 16.7 Å². The largest absolute Gasteiger partial charge is 0.464 e. The monoisotopic (exact) mass is 382 g/mol. The highest BCUT2D eigenvalue weighted by Crippen LogP contribution is 2.27. The Hall–Kier alpha value is -3.68. The number of rotatable bonds is 6. The van der Waals surface area contributed by atoms with Crippen molar-refractivity contribution in [3.63, 3.8) is 0 Å². The molecular formula is C20H18N2O6.